The van der Waals surface area contributed by atoms with E-state index in [0.29, 0.717) is 5.75 Å². The van der Waals surface area contributed by atoms with Gasteiger partial charge in [-0.1, -0.05) is 12.1 Å². The molecule has 36 heavy (non-hydrogen) atoms. The summed E-state index contributed by atoms with van der Waals surface area (Å²) in [5.41, 5.74) is -3.42. The Hall–Kier alpha value is -3.30. The van der Waals surface area contributed by atoms with Crippen LogP contribution in [0.1, 0.15) is 74.8 Å². The summed E-state index contributed by atoms with van der Waals surface area (Å²) < 4.78 is 11.1. The molecule has 0 aliphatic carbocycles. The van der Waals surface area contributed by atoms with Gasteiger partial charge in [0.25, 0.3) is 0 Å². The maximum absolute atomic E-state index is 13.2. The third kappa shape index (κ3) is 10.5. The molecule has 1 aromatic rings. The lowest BCUT2D eigenvalue weighted by atomic mass is 9.98. The van der Waals surface area contributed by atoms with E-state index in [0.717, 1.165) is 5.56 Å². The number of nitrogens with one attached hydrogen (secondary N) is 3. The first-order valence-electron chi connectivity index (χ1n) is 11.8. The zero-order valence-corrected chi connectivity index (χ0v) is 23.0. The van der Waals surface area contributed by atoms with E-state index in [-0.39, 0.29) is 12.0 Å². The Balaban J connectivity index is 3.10. The van der Waals surface area contributed by atoms with Gasteiger partial charge in [0, 0.05) is 6.42 Å². The normalized spacial score (nSPS) is 13.3. The molecule has 0 aromatic heterocycles. The lowest BCUT2D eigenvalue weighted by molar-refractivity contribution is -0.147. The van der Waals surface area contributed by atoms with Gasteiger partial charge in [-0.05, 0) is 86.9 Å². The van der Waals surface area contributed by atoms with Crippen molar-refractivity contribution in [3.8, 4) is 5.75 Å². The number of carbonyl (C=O) groups excluding carboxylic acids is 3. The Morgan fingerprint density at radius 3 is 1.78 bits per heavy atom. The molecule has 3 amide bonds. The van der Waals surface area contributed by atoms with E-state index in [1.54, 1.807) is 45.0 Å². The van der Waals surface area contributed by atoms with Gasteiger partial charge in [0.1, 0.15) is 34.1 Å². The molecular formula is C26H41N3O7. The average Bonchev–Trinajstić information content (AvgIpc) is 2.65. The molecule has 0 saturated heterocycles. The van der Waals surface area contributed by atoms with Crippen molar-refractivity contribution in [2.24, 2.45) is 0 Å². The second kappa shape index (κ2) is 11.2. The lowest BCUT2D eigenvalue weighted by Gasteiger charge is -2.31. The van der Waals surface area contributed by atoms with Gasteiger partial charge in [-0.2, -0.15) is 0 Å². The van der Waals surface area contributed by atoms with E-state index in [1.807, 2.05) is 20.8 Å². The maximum atomic E-state index is 13.2. The highest BCUT2D eigenvalue weighted by Gasteiger charge is 2.38. The molecule has 0 aliphatic heterocycles. The molecule has 0 heterocycles. The summed E-state index contributed by atoms with van der Waals surface area (Å²) in [4.78, 5) is 49.8. The van der Waals surface area contributed by atoms with Crippen LogP contribution in [0, 0.1) is 0 Å². The highest BCUT2D eigenvalue weighted by molar-refractivity contribution is 5.96. The number of rotatable bonds is 9. The second-order valence-electron chi connectivity index (χ2n) is 11.8. The molecule has 0 fully saturated rings. The Morgan fingerprint density at radius 2 is 1.33 bits per heavy atom. The summed E-state index contributed by atoms with van der Waals surface area (Å²) in [5.74, 6) is -1.89. The van der Waals surface area contributed by atoms with Crippen LogP contribution in [0.5, 0.6) is 5.75 Å². The highest BCUT2D eigenvalue weighted by Crippen LogP contribution is 2.19. The molecular weight excluding hydrogens is 466 g/mol. The fraction of sp³-hybridized carbons (Fsp3) is 0.615. The predicted molar refractivity (Wildman–Crippen MR) is 136 cm³/mol. The van der Waals surface area contributed by atoms with E-state index < -0.39 is 46.6 Å². The molecule has 0 aliphatic rings. The van der Waals surface area contributed by atoms with Crippen molar-refractivity contribution in [1.29, 1.82) is 0 Å². The molecule has 0 radical (unpaired) electrons. The minimum atomic E-state index is -1.54. The number of alkyl carbamates (subject to hydrolysis) is 1. The monoisotopic (exact) mass is 507 g/mol. The van der Waals surface area contributed by atoms with E-state index in [9.17, 15) is 24.3 Å². The fourth-order valence-electron chi connectivity index (χ4n) is 2.89. The fourth-order valence-corrected chi connectivity index (χ4v) is 2.89. The quantitative estimate of drug-likeness (QED) is 0.402. The van der Waals surface area contributed by atoms with Gasteiger partial charge in [0.05, 0.1) is 0 Å². The number of hydrogen-bond acceptors (Lipinski definition) is 6. The molecule has 202 valence electrons. The summed E-state index contributed by atoms with van der Waals surface area (Å²) in [6.45, 7) is 16.5. The Bertz CT molecular complexity index is 955. The zero-order chi connectivity index (χ0) is 28.1. The number of carboxylic acid groups (broad SMARTS) is 1. The highest BCUT2D eigenvalue weighted by atomic mass is 16.6. The third-order valence-electron chi connectivity index (χ3n) is 4.76. The molecule has 0 unspecified atom stereocenters. The molecule has 1 atom stereocenters. The summed E-state index contributed by atoms with van der Waals surface area (Å²) in [5, 5.41) is 16.9. The number of carbonyl (C=O) groups is 4. The summed E-state index contributed by atoms with van der Waals surface area (Å²) in [7, 11) is 0. The SMILES string of the molecule is CC(C)(C)OC(=O)N[C@@H](Cc1ccc(OC(C)(C)C)cc1)C(=O)NC(C)(C)C(=O)NC(C)(C)C(=O)O. The van der Waals surface area contributed by atoms with Gasteiger partial charge < -0.3 is 30.5 Å². The van der Waals surface area contributed by atoms with Gasteiger partial charge in [0.2, 0.25) is 11.8 Å². The van der Waals surface area contributed by atoms with Crippen LogP contribution in [-0.4, -0.2) is 57.3 Å². The molecule has 1 aromatic carbocycles. The smallest absolute Gasteiger partial charge is 0.408 e. The number of benzene rings is 1. The largest absolute Gasteiger partial charge is 0.488 e. The topological polar surface area (TPSA) is 143 Å². The lowest BCUT2D eigenvalue weighted by Crippen LogP contribution is -2.63. The number of ether oxygens (including phenoxy) is 2. The molecule has 0 bridgehead atoms. The van der Waals surface area contributed by atoms with Gasteiger partial charge >= 0.3 is 12.1 Å². The predicted octanol–water partition coefficient (Wildman–Crippen LogP) is 3.17. The minimum absolute atomic E-state index is 0.110. The molecule has 4 N–H and O–H groups in total. The van der Waals surface area contributed by atoms with Crippen LogP contribution >= 0.6 is 0 Å². The summed E-state index contributed by atoms with van der Waals surface area (Å²) >= 11 is 0. The van der Waals surface area contributed by atoms with Gasteiger partial charge in [0.15, 0.2) is 0 Å². The van der Waals surface area contributed by atoms with Gasteiger partial charge in [-0.3, -0.25) is 9.59 Å². The van der Waals surface area contributed by atoms with Crippen molar-refractivity contribution in [3.05, 3.63) is 29.8 Å². The molecule has 0 saturated carbocycles. The van der Waals surface area contributed by atoms with Crippen molar-refractivity contribution in [3.63, 3.8) is 0 Å². The Labute approximate surface area is 213 Å². The van der Waals surface area contributed by atoms with Gasteiger partial charge in [-0.25, -0.2) is 9.59 Å². The van der Waals surface area contributed by atoms with Crippen LogP contribution in [-0.2, 0) is 25.5 Å². The van der Waals surface area contributed by atoms with Crippen LogP contribution in [0.4, 0.5) is 4.79 Å². The number of carboxylic acids is 1. The maximum Gasteiger partial charge on any atom is 0.408 e. The second-order valence-corrected chi connectivity index (χ2v) is 11.8. The van der Waals surface area contributed by atoms with Gasteiger partial charge in [-0.15, -0.1) is 0 Å². The van der Waals surface area contributed by atoms with Crippen LogP contribution in [0.2, 0.25) is 0 Å². The van der Waals surface area contributed by atoms with Crippen LogP contribution in [0.25, 0.3) is 0 Å². The van der Waals surface area contributed by atoms with Crippen LogP contribution < -0.4 is 20.7 Å². The molecule has 10 heteroatoms. The van der Waals surface area contributed by atoms with Crippen molar-refractivity contribution in [1.82, 2.24) is 16.0 Å². The van der Waals surface area contributed by atoms with Crippen LogP contribution in [0.15, 0.2) is 24.3 Å². The molecule has 0 spiro atoms. The first-order chi connectivity index (χ1) is 16.1. The standard InChI is InChI=1S/C26H41N3O7/c1-23(2,3)35-17-13-11-16(12-14-17)15-18(27-22(34)36-24(4,5)6)19(30)28-25(7,8)20(31)29-26(9,10)21(32)33/h11-14,18H,15H2,1-10H3,(H,27,34)(H,28,30)(H,29,31)(H,32,33)/t18-/m0/s1. The van der Waals surface area contributed by atoms with E-state index in [4.69, 9.17) is 9.47 Å². The Morgan fingerprint density at radius 1 is 0.806 bits per heavy atom. The minimum Gasteiger partial charge on any atom is -0.488 e. The average molecular weight is 508 g/mol. The van der Waals surface area contributed by atoms with E-state index >= 15 is 0 Å². The number of hydrogen-bond donors (Lipinski definition) is 4. The number of amides is 3. The first kappa shape index (κ1) is 30.7. The van der Waals surface area contributed by atoms with E-state index in [2.05, 4.69) is 16.0 Å². The van der Waals surface area contributed by atoms with Crippen LogP contribution in [0.3, 0.4) is 0 Å². The summed E-state index contributed by atoms with van der Waals surface area (Å²) in [6.07, 6.45) is -0.677. The van der Waals surface area contributed by atoms with Crippen molar-refractivity contribution < 1.29 is 33.8 Å². The Kier molecular flexibility index (Phi) is 9.54. The van der Waals surface area contributed by atoms with Crippen molar-refractivity contribution in [2.75, 3.05) is 0 Å². The number of aliphatic carboxylic acids is 1. The molecule has 1 rings (SSSR count). The van der Waals surface area contributed by atoms with Crippen molar-refractivity contribution >= 4 is 23.9 Å². The van der Waals surface area contributed by atoms with Crippen molar-refractivity contribution in [2.45, 2.75) is 104 Å². The molecule has 10 nitrogen and oxygen atoms in total. The van der Waals surface area contributed by atoms with E-state index in [1.165, 1.54) is 27.7 Å². The summed E-state index contributed by atoms with van der Waals surface area (Å²) in [6, 6.07) is 6.04. The first-order valence-corrected chi connectivity index (χ1v) is 11.8. The zero-order valence-electron chi connectivity index (χ0n) is 23.0. The third-order valence-corrected chi connectivity index (χ3v) is 4.76.